The van der Waals surface area contributed by atoms with Gasteiger partial charge in [0.15, 0.2) is 0 Å². The number of hydrogen-bond donors (Lipinski definition) is 2. The number of benzene rings is 2. The van der Waals surface area contributed by atoms with Crippen LogP contribution in [0.5, 0.6) is 5.75 Å². The van der Waals surface area contributed by atoms with Crippen molar-refractivity contribution >= 4 is 34.2 Å². The average molecular weight is 302 g/mol. The SMILES string of the molecule is COc1ccccc1C(=O)Nc1ccc2nc(Cl)[nH]c2c1. The molecular weight excluding hydrogens is 290 g/mol. The quantitative estimate of drug-likeness (QED) is 0.778. The maximum Gasteiger partial charge on any atom is 0.259 e. The van der Waals surface area contributed by atoms with Gasteiger partial charge < -0.3 is 15.0 Å². The van der Waals surface area contributed by atoms with Gasteiger partial charge in [-0.3, -0.25) is 4.79 Å². The zero-order chi connectivity index (χ0) is 14.8. The van der Waals surface area contributed by atoms with E-state index in [2.05, 4.69) is 15.3 Å². The van der Waals surface area contributed by atoms with Crippen molar-refractivity contribution in [1.82, 2.24) is 9.97 Å². The molecule has 0 aliphatic heterocycles. The standard InChI is InChI=1S/C15H12ClN3O2/c1-21-13-5-3-2-4-10(13)14(20)17-9-6-7-11-12(8-9)19-15(16)18-11/h2-8H,1H3,(H,17,20)(H,18,19). The van der Waals surface area contributed by atoms with Crippen molar-refractivity contribution in [1.29, 1.82) is 0 Å². The molecule has 2 N–H and O–H groups in total. The van der Waals surface area contributed by atoms with Gasteiger partial charge in [-0.2, -0.15) is 0 Å². The zero-order valence-electron chi connectivity index (χ0n) is 11.2. The Hall–Kier alpha value is -2.53. The second kappa shape index (κ2) is 5.46. The van der Waals surface area contributed by atoms with Crippen LogP contribution in [0.1, 0.15) is 10.4 Å². The molecular formula is C15H12ClN3O2. The number of halogens is 1. The second-order valence-corrected chi connectivity index (χ2v) is 4.77. The number of carbonyl (C=O) groups excluding carboxylic acids is 1. The number of nitrogens with zero attached hydrogens (tertiary/aromatic N) is 1. The summed E-state index contributed by atoms with van der Waals surface area (Å²) in [5, 5.41) is 3.14. The van der Waals surface area contributed by atoms with Gasteiger partial charge in [-0.1, -0.05) is 12.1 Å². The van der Waals surface area contributed by atoms with Crippen LogP contribution in [0, 0.1) is 0 Å². The Bertz CT molecular complexity index is 814. The molecule has 1 aromatic heterocycles. The van der Waals surface area contributed by atoms with Gasteiger partial charge in [0.1, 0.15) is 5.75 Å². The molecule has 0 atom stereocenters. The minimum Gasteiger partial charge on any atom is -0.496 e. The number of anilines is 1. The number of nitrogens with one attached hydrogen (secondary N) is 2. The number of aromatic nitrogens is 2. The van der Waals surface area contributed by atoms with Crippen LogP contribution in [-0.4, -0.2) is 23.0 Å². The van der Waals surface area contributed by atoms with E-state index in [0.717, 1.165) is 11.0 Å². The fourth-order valence-corrected chi connectivity index (χ4v) is 2.28. The van der Waals surface area contributed by atoms with Crippen LogP contribution < -0.4 is 10.1 Å². The van der Waals surface area contributed by atoms with Crippen molar-refractivity contribution < 1.29 is 9.53 Å². The fourth-order valence-electron chi connectivity index (χ4n) is 2.09. The lowest BCUT2D eigenvalue weighted by atomic mass is 10.2. The highest BCUT2D eigenvalue weighted by molar-refractivity contribution is 6.29. The van der Waals surface area contributed by atoms with Crippen LogP contribution in [-0.2, 0) is 0 Å². The first-order valence-electron chi connectivity index (χ1n) is 6.27. The Morgan fingerprint density at radius 1 is 1.29 bits per heavy atom. The van der Waals surface area contributed by atoms with Gasteiger partial charge in [-0.25, -0.2) is 4.98 Å². The zero-order valence-corrected chi connectivity index (χ0v) is 11.9. The van der Waals surface area contributed by atoms with Gasteiger partial charge in [-0.05, 0) is 41.9 Å². The van der Waals surface area contributed by atoms with Gasteiger partial charge in [0.2, 0.25) is 5.28 Å². The number of rotatable bonds is 3. The lowest BCUT2D eigenvalue weighted by molar-refractivity contribution is 0.102. The molecule has 0 bridgehead atoms. The van der Waals surface area contributed by atoms with Crippen molar-refractivity contribution in [3.8, 4) is 5.75 Å². The maximum absolute atomic E-state index is 12.3. The highest BCUT2D eigenvalue weighted by Crippen LogP contribution is 2.22. The Morgan fingerprint density at radius 3 is 2.90 bits per heavy atom. The molecule has 0 aliphatic rings. The molecule has 0 saturated heterocycles. The Balaban J connectivity index is 1.88. The van der Waals surface area contributed by atoms with Crippen molar-refractivity contribution in [3.63, 3.8) is 0 Å². The van der Waals surface area contributed by atoms with E-state index in [-0.39, 0.29) is 5.91 Å². The summed E-state index contributed by atoms with van der Waals surface area (Å²) in [5.41, 5.74) is 2.63. The number of H-pyrrole nitrogens is 1. The van der Waals surface area contributed by atoms with Gasteiger partial charge in [0, 0.05) is 5.69 Å². The molecule has 0 spiro atoms. The smallest absolute Gasteiger partial charge is 0.259 e. The molecule has 0 unspecified atom stereocenters. The molecule has 0 aliphatic carbocycles. The topological polar surface area (TPSA) is 67.0 Å². The molecule has 0 saturated carbocycles. The number of fused-ring (bicyclic) bond motifs is 1. The molecule has 1 heterocycles. The highest BCUT2D eigenvalue weighted by Gasteiger charge is 2.12. The summed E-state index contributed by atoms with van der Waals surface area (Å²) in [5.74, 6) is 0.290. The lowest BCUT2D eigenvalue weighted by Crippen LogP contribution is -2.13. The number of ether oxygens (including phenoxy) is 1. The highest BCUT2D eigenvalue weighted by atomic mass is 35.5. The molecule has 106 valence electrons. The molecule has 2 aromatic carbocycles. The van der Waals surface area contributed by atoms with Crippen LogP contribution >= 0.6 is 11.6 Å². The first-order valence-corrected chi connectivity index (χ1v) is 6.65. The van der Waals surface area contributed by atoms with E-state index < -0.39 is 0 Å². The van der Waals surface area contributed by atoms with Gasteiger partial charge in [0.25, 0.3) is 5.91 Å². The number of hydrogen-bond acceptors (Lipinski definition) is 3. The summed E-state index contributed by atoms with van der Waals surface area (Å²) in [7, 11) is 1.53. The van der Waals surface area contributed by atoms with E-state index in [0.29, 0.717) is 22.3 Å². The maximum atomic E-state index is 12.3. The number of imidazole rings is 1. The third kappa shape index (κ3) is 2.68. The van der Waals surface area contributed by atoms with Crippen molar-refractivity contribution in [2.24, 2.45) is 0 Å². The van der Waals surface area contributed by atoms with Gasteiger partial charge in [-0.15, -0.1) is 0 Å². The fraction of sp³-hybridized carbons (Fsp3) is 0.0667. The van der Waals surface area contributed by atoms with E-state index in [1.807, 2.05) is 6.07 Å². The van der Waals surface area contributed by atoms with E-state index in [9.17, 15) is 4.79 Å². The second-order valence-electron chi connectivity index (χ2n) is 4.41. The largest absolute Gasteiger partial charge is 0.496 e. The lowest BCUT2D eigenvalue weighted by Gasteiger charge is -2.09. The predicted octanol–water partition coefficient (Wildman–Crippen LogP) is 3.48. The van der Waals surface area contributed by atoms with E-state index in [1.54, 1.807) is 36.4 Å². The Kier molecular flexibility index (Phi) is 3.50. The van der Waals surface area contributed by atoms with Crippen molar-refractivity contribution in [2.45, 2.75) is 0 Å². The number of methoxy groups -OCH3 is 1. The van der Waals surface area contributed by atoms with Crippen molar-refractivity contribution in [3.05, 3.63) is 53.3 Å². The normalized spacial score (nSPS) is 10.6. The number of aromatic amines is 1. The Labute approximate surface area is 125 Å². The van der Waals surface area contributed by atoms with Crippen LogP contribution in [0.25, 0.3) is 11.0 Å². The molecule has 21 heavy (non-hydrogen) atoms. The summed E-state index contributed by atoms with van der Waals surface area (Å²) in [6.07, 6.45) is 0. The molecule has 1 amide bonds. The first kappa shape index (κ1) is 13.5. The Morgan fingerprint density at radius 2 is 2.10 bits per heavy atom. The summed E-state index contributed by atoms with van der Waals surface area (Å²) in [6, 6.07) is 12.4. The minimum absolute atomic E-state index is 0.239. The summed E-state index contributed by atoms with van der Waals surface area (Å²) < 4.78 is 5.18. The third-order valence-electron chi connectivity index (χ3n) is 3.06. The van der Waals surface area contributed by atoms with Gasteiger partial charge in [0.05, 0.1) is 23.7 Å². The molecule has 3 aromatic rings. The molecule has 0 radical (unpaired) electrons. The number of para-hydroxylation sites is 1. The average Bonchev–Trinajstić information content (AvgIpc) is 2.86. The van der Waals surface area contributed by atoms with Crippen LogP contribution in [0.15, 0.2) is 42.5 Å². The van der Waals surface area contributed by atoms with Crippen LogP contribution in [0.2, 0.25) is 5.28 Å². The number of carbonyl (C=O) groups is 1. The molecule has 3 rings (SSSR count). The van der Waals surface area contributed by atoms with Crippen LogP contribution in [0.3, 0.4) is 0 Å². The monoisotopic (exact) mass is 301 g/mol. The van der Waals surface area contributed by atoms with E-state index >= 15 is 0 Å². The van der Waals surface area contributed by atoms with Crippen LogP contribution in [0.4, 0.5) is 5.69 Å². The summed E-state index contributed by atoms with van der Waals surface area (Å²) in [6.45, 7) is 0. The number of amides is 1. The first-order chi connectivity index (χ1) is 10.2. The summed E-state index contributed by atoms with van der Waals surface area (Å²) in [4.78, 5) is 19.3. The van der Waals surface area contributed by atoms with Gasteiger partial charge >= 0.3 is 0 Å². The predicted molar refractivity (Wildman–Crippen MR) is 82.1 cm³/mol. The molecule has 6 heteroatoms. The van der Waals surface area contributed by atoms with E-state index in [1.165, 1.54) is 7.11 Å². The summed E-state index contributed by atoms with van der Waals surface area (Å²) >= 11 is 5.81. The minimum atomic E-state index is -0.239. The molecule has 5 nitrogen and oxygen atoms in total. The van der Waals surface area contributed by atoms with E-state index in [4.69, 9.17) is 16.3 Å². The molecule has 0 fully saturated rings. The van der Waals surface area contributed by atoms with Crippen molar-refractivity contribution in [2.75, 3.05) is 12.4 Å². The third-order valence-corrected chi connectivity index (χ3v) is 3.24.